The molecule has 0 saturated heterocycles. The quantitative estimate of drug-likeness (QED) is 0.709. The molecule has 1 aromatic carbocycles. The molecule has 2 aromatic heterocycles. The van der Waals surface area contributed by atoms with Crippen molar-refractivity contribution in [3.05, 3.63) is 53.9 Å². The summed E-state index contributed by atoms with van der Waals surface area (Å²) in [6.45, 7) is 1.91. The first-order valence-corrected chi connectivity index (χ1v) is 6.03. The number of pyridine rings is 1. The second-order valence-electron chi connectivity index (χ2n) is 4.30. The molecule has 0 bridgehead atoms. The summed E-state index contributed by atoms with van der Waals surface area (Å²) in [5.41, 5.74) is 3.22. The van der Waals surface area contributed by atoms with E-state index in [1.54, 1.807) is 24.5 Å². The van der Waals surface area contributed by atoms with Crippen LogP contribution < -0.4 is 0 Å². The Morgan fingerprint density at radius 2 is 1.95 bits per heavy atom. The summed E-state index contributed by atoms with van der Waals surface area (Å²) in [5, 5.41) is 12.8. The molecule has 20 heavy (non-hydrogen) atoms. The molecule has 0 radical (unpaired) electrons. The van der Waals surface area contributed by atoms with Gasteiger partial charge in [0.1, 0.15) is 0 Å². The second-order valence-corrected chi connectivity index (χ2v) is 4.30. The van der Waals surface area contributed by atoms with Gasteiger partial charge in [0.15, 0.2) is 0 Å². The molecule has 0 aliphatic rings. The van der Waals surface area contributed by atoms with Crippen LogP contribution in [0.4, 0.5) is 0 Å². The van der Waals surface area contributed by atoms with Gasteiger partial charge in [0.2, 0.25) is 5.82 Å². The van der Waals surface area contributed by atoms with Crippen LogP contribution in [0.2, 0.25) is 0 Å². The Hall–Kier alpha value is -3.00. The Balaban J connectivity index is 2.01. The highest BCUT2D eigenvalue weighted by Gasteiger charge is 2.12. The molecule has 0 aliphatic heterocycles. The van der Waals surface area contributed by atoms with Crippen LogP contribution in [0.15, 0.2) is 47.2 Å². The van der Waals surface area contributed by atoms with Gasteiger partial charge in [0.25, 0.3) is 5.89 Å². The van der Waals surface area contributed by atoms with Gasteiger partial charge in [-0.05, 0) is 42.8 Å². The zero-order valence-electron chi connectivity index (χ0n) is 10.7. The van der Waals surface area contributed by atoms with E-state index in [1.165, 1.54) is 0 Å². The summed E-state index contributed by atoms with van der Waals surface area (Å²) in [6, 6.07) is 11.1. The summed E-state index contributed by atoms with van der Waals surface area (Å²) in [5.74, 6) is 0.963. The fourth-order valence-corrected chi connectivity index (χ4v) is 1.92. The fourth-order valence-electron chi connectivity index (χ4n) is 1.92. The number of rotatable bonds is 2. The van der Waals surface area contributed by atoms with E-state index in [-0.39, 0.29) is 0 Å². The van der Waals surface area contributed by atoms with Gasteiger partial charge in [-0.2, -0.15) is 10.2 Å². The predicted octanol–water partition coefficient (Wildman–Crippen LogP) is 2.98. The fraction of sp³-hybridized carbons (Fsp3) is 0.0667. The van der Waals surface area contributed by atoms with Crippen LogP contribution in [-0.4, -0.2) is 15.1 Å². The molecule has 3 rings (SSSR count). The van der Waals surface area contributed by atoms with E-state index in [0.717, 1.165) is 16.7 Å². The average Bonchev–Trinajstić information content (AvgIpc) is 2.97. The number of benzene rings is 1. The molecule has 0 atom stereocenters. The van der Waals surface area contributed by atoms with Crippen LogP contribution in [0, 0.1) is 18.3 Å². The Labute approximate surface area is 115 Å². The summed E-state index contributed by atoms with van der Waals surface area (Å²) < 4.78 is 5.30. The standard InChI is InChI=1S/C15H10N4O/c1-10-8-11(9-16)2-3-13(10)15-18-14(19-20-15)12-4-6-17-7-5-12/h2-8H,1H3. The smallest absolute Gasteiger partial charge is 0.258 e. The predicted molar refractivity (Wildman–Crippen MR) is 72.4 cm³/mol. The van der Waals surface area contributed by atoms with Gasteiger partial charge in [-0.3, -0.25) is 4.98 Å². The van der Waals surface area contributed by atoms with Crippen molar-refractivity contribution in [3.63, 3.8) is 0 Å². The van der Waals surface area contributed by atoms with Crippen LogP contribution in [0.3, 0.4) is 0 Å². The highest BCUT2D eigenvalue weighted by Crippen LogP contribution is 2.25. The summed E-state index contributed by atoms with van der Waals surface area (Å²) in [7, 11) is 0. The zero-order chi connectivity index (χ0) is 13.9. The third-order valence-corrected chi connectivity index (χ3v) is 2.95. The van der Waals surface area contributed by atoms with Crippen molar-refractivity contribution in [1.29, 1.82) is 5.26 Å². The lowest BCUT2D eigenvalue weighted by Gasteiger charge is -2.00. The van der Waals surface area contributed by atoms with E-state index in [0.29, 0.717) is 17.3 Å². The molecule has 0 fully saturated rings. The molecule has 96 valence electrons. The van der Waals surface area contributed by atoms with Crippen molar-refractivity contribution in [1.82, 2.24) is 15.1 Å². The molecule has 2 heterocycles. The highest BCUT2D eigenvalue weighted by molar-refractivity contribution is 5.63. The number of aryl methyl sites for hydroxylation is 1. The first kappa shape index (κ1) is 12.1. The monoisotopic (exact) mass is 262 g/mol. The maximum absolute atomic E-state index is 8.87. The van der Waals surface area contributed by atoms with E-state index in [4.69, 9.17) is 9.78 Å². The van der Waals surface area contributed by atoms with Crippen molar-refractivity contribution >= 4 is 0 Å². The second kappa shape index (κ2) is 4.94. The summed E-state index contributed by atoms with van der Waals surface area (Å²) >= 11 is 0. The molecule has 5 nitrogen and oxygen atoms in total. The Bertz CT molecular complexity index is 787. The van der Waals surface area contributed by atoms with Crippen molar-refractivity contribution in [2.24, 2.45) is 0 Å². The van der Waals surface area contributed by atoms with Crippen molar-refractivity contribution in [2.45, 2.75) is 6.92 Å². The Morgan fingerprint density at radius 1 is 1.15 bits per heavy atom. The largest absolute Gasteiger partial charge is 0.334 e. The van der Waals surface area contributed by atoms with Crippen LogP contribution in [0.1, 0.15) is 11.1 Å². The number of aromatic nitrogens is 3. The van der Waals surface area contributed by atoms with E-state index in [2.05, 4.69) is 21.2 Å². The molecule has 5 heteroatoms. The van der Waals surface area contributed by atoms with Crippen molar-refractivity contribution in [3.8, 4) is 28.9 Å². The van der Waals surface area contributed by atoms with Gasteiger partial charge in [-0.1, -0.05) is 5.16 Å². The first-order chi connectivity index (χ1) is 9.78. The van der Waals surface area contributed by atoms with Gasteiger partial charge >= 0.3 is 0 Å². The molecule has 0 aliphatic carbocycles. The maximum Gasteiger partial charge on any atom is 0.258 e. The maximum atomic E-state index is 8.87. The minimum Gasteiger partial charge on any atom is -0.334 e. The van der Waals surface area contributed by atoms with Crippen LogP contribution in [0.25, 0.3) is 22.8 Å². The van der Waals surface area contributed by atoms with E-state index < -0.39 is 0 Å². The minimum atomic E-state index is 0.443. The summed E-state index contributed by atoms with van der Waals surface area (Å²) in [4.78, 5) is 8.33. The van der Waals surface area contributed by atoms with Gasteiger partial charge in [0.05, 0.1) is 11.6 Å². The molecule has 0 saturated carbocycles. The molecule has 0 spiro atoms. The third-order valence-electron chi connectivity index (χ3n) is 2.95. The van der Waals surface area contributed by atoms with Crippen molar-refractivity contribution in [2.75, 3.05) is 0 Å². The Kier molecular flexibility index (Phi) is 2.98. The Morgan fingerprint density at radius 3 is 2.65 bits per heavy atom. The van der Waals surface area contributed by atoms with E-state index in [9.17, 15) is 0 Å². The zero-order valence-corrected chi connectivity index (χ0v) is 10.7. The molecular formula is C15H10N4O. The number of hydrogen-bond acceptors (Lipinski definition) is 5. The van der Waals surface area contributed by atoms with Crippen molar-refractivity contribution < 1.29 is 4.52 Å². The molecule has 3 aromatic rings. The SMILES string of the molecule is Cc1cc(C#N)ccc1-c1nc(-c2ccncc2)no1. The molecular weight excluding hydrogens is 252 g/mol. The van der Waals surface area contributed by atoms with Gasteiger partial charge in [-0.15, -0.1) is 0 Å². The third kappa shape index (κ3) is 2.15. The normalized spacial score (nSPS) is 10.2. The lowest BCUT2D eigenvalue weighted by atomic mass is 10.1. The average molecular weight is 262 g/mol. The minimum absolute atomic E-state index is 0.443. The summed E-state index contributed by atoms with van der Waals surface area (Å²) in [6.07, 6.45) is 3.36. The van der Waals surface area contributed by atoms with E-state index in [1.807, 2.05) is 25.1 Å². The van der Waals surface area contributed by atoms with Gasteiger partial charge in [-0.25, -0.2) is 0 Å². The van der Waals surface area contributed by atoms with Gasteiger partial charge in [0, 0.05) is 23.5 Å². The van der Waals surface area contributed by atoms with Crippen LogP contribution in [-0.2, 0) is 0 Å². The lowest BCUT2D eigenvalue weighted by molar-refractivity contribution is 0.432. The lowest BCUT2D eigenvalue weighted by Crippen LogP contribution is -1.86. The number of nitriles is 1. The van der Waals surface area contributed by atoms with E-state index >= 15 is 0 Å². The topological polar surface area (TPSA) is 75.6 Å². The van der Waals surface area contributed by atoms with Crippen LogP contribution >= 0.6 is 0 Å². The van der Waals surface area contributed by atoms with Gasteiger partial charge < -0.3 is 4.52 Å². The molecule has 0 N–H and O–H groups in total. The molecule has 0 amide bonds. The molecule has 0 unspecified atom stereocenters. The highest BCUT2D eigenvalue weighted by atomic mass is 16.5. The number of nitrogens with zero attached hydrogens (tertiary/aromatic N) is 4. The number of hydrogen-bond donors (Lipinski definition) is 0. The first-order valence-electron chi connectivity index (χ1n) is 6.03. The van der Waals surface area contributed by atoms with Crippen LogP contribution in [0.5, 0.6) is 0 Å².